The number of hydrogen-bond acceptors (Lipinski definition) is 7. The van der Waals surface area contributed by atoms with Crippen LogP contribution < -0.4 is 21.7 Å². The van der Waals surface area contributed by atoms with E-state index in [2.05, 4.69) is 20.9 Å². The van der Waals surface area contributed by atoms with Crippen LogP contribution in [0, 0.1) is 18.8 Å². The van der Waals surface area contributed by atoms with Gasteiger partial charge in [-0.2, -0.15) is 0 Å². The van der Waals surface area contributed by atoms with Crippen LogP contribution in [0.1, 0.15) is 61.4 Å². The van der Waals surface area contributed by atoms with Crippen molar-refractivity contribution >= 4 is 35.0 Å². The zero-order valence-corrected chi connectivity index (χ0v) is 21.0. The van der Waals surface area contributed by atoms with Gasteiger partial charge in [0.25, 0.3) is 5.91 Å². The zero-order chi connectivity index (χ0) is 24.8. The highest BCUT2D eigenvalue weighted by Gasteiger charge is 2.39. The summed E-state index contributed by atoms with van der Waals surface area (Å²) in [7, 11) is 0. The monoisotopic (exact) mass is 492 g/mol. The predicted octanol–water partition coefficient (Wildman–Crippen LogP) is 0.557. The molecule has 10 nitrogen and oxygen atoms in total. The van der Waals surface area contributed by atoms with Gasteiger partial charge < -0.3 is 26.6 Å². The van der Waals surface area contributed by atoms with Gasteiger partial charge in [0.1, 0.15) is 17.8 Å². The number of nitrogens with zero attached hydrogens (tertiary/aromatic N) is 2. The molecule has 0 radical (unpaired) electrons. The number of piperidine rings is 2. The van der Waals surface area contributed by atoms with Crippen molar-refractivity contribution in [3.8, 4) is 0 Å². The van der Waals surface area contributed by atoms with Gasteiger partial charge >= 0.3 is 0 Å². The molecule has 2 saturated heterocycles. The van der Waals surface area contributed by atoms with E-state index in [1.54, 1.807) is 5.38 Å². The maximum atomic E-state index is 13.3. The standard InChI is InChI=1S/C23H36N6O4S/c1-13(2)10-17(20(24)30)28-22(32)19-11-16(27-21(31)15-4-7-25-8-5-15)6-9-29(19)23(33)18-12-34-14(3)26-18/h12-13,15-17,19,25H,4-11H2,1-3H3,(H2,24,30)(H,27,31)(H,28,32). The van der Waals surface area contributed by atoms with Crippen molar-refractivity contribution in [2.24, 2.45) is 17.6 Å². The van der Waals surface area contributed by atoms with Gasteiger partial charge in [0.15, 0.2) is 0 Å². The molecule has 0 aliphatic carbocycles. The summed E-state index contributed by atoms with van der Waals surface area (Å²) >= 11 is 1.37. The van der Waals surface area contributed by atoms with E-state index in [4.69, 9.17) is 5.73 Å². The molecule has 5 N–H and O–H groups in total. The molecule has 2 aliphatic rings. The molecule has 188 valence electrons. The molecule has 2 fully saturated rings. The maximum absolute atomic E-state index is 13.3. The van der Waals surface area contributed by atoms with Gasteiger partial charge in [0, 0.05) is 23.9 Å². The number of amides is 4. The van der Waals surface area contributed by atoms with E-state index in [0.29, 0.717) is 25.1 Å². The van der Waals surface area contributed by atoms with Crippen LogP contribution in [0.15, 0.2) is 5.38 Å². The molecule has 1 aromatic rings. The number of rotatable bonds is 8. The Bertz CT molecular complexity index is 898. The highest BCUT2D eigenvalue weighted by molar-refractivity contribution is 7.09. The minimum atomic E-state index is -0.837. The smallest absolute Gasteiger partial charge is 0.274 e. The van der Waals surface area contributed by atoms with Crippen LogP contribution in [-0.2, 0) is 14.4 Å². The lowest BCUT2D eigenvalue weighted by Gasteiger charge is -2.39. The van der Waals surface area contributed by atoms with Gasteiger partial charge in [-0.25, -0.2) is 4.98 Å². The third-order valence-corrected chi connectivity index (χ3v) is 7.20. The van der Waals surface area contributed by atoms with Crippen molar-refractivity contribution in [1.29, 1.82) is 0 Å². The molecule has 4 amide bonds. The second-order valence-electron chi connectivity index (χ2n) is 9.61. The van der Waals surface area contributed by atoms with Crippen molar-refractivity contribution in [2.45, 2.75) is 71.0 Å². The van der Waals surface area contributed by atoms with E-state index >= 15 is 0 Å². The Balaban J connectivity index is 1.75. The van der Waals surface area contributed by atoms with Gasteiger partial charge in [-0.1, -0.05) is 13.8 Å². The Hall–Kier alpha value is -2.53. The van der Waals surface area contributed by atoms with Crippen LogP contribution in [0.25, 0.3) is 0 Å². The maximum Gasteiger partial charge on any atom is 0.274 e. The number of aryl methyl sites for hydroxylation is 1. The number of hydrogen-bond donors (Lipinski definition) is 4. The zero-order valence-electron chi connectivity index (χ0n) is 20.1. The summed E-state index contributed by atoms with van der Waals surface area (Å²) in [5.74, 6) is -1.27. The van der Waals surface area contributed by atoms with E-state index < -0.39 is 23.9 Å². The molecule has 34 heavy (non-hydrogen) atoms. The molecule has 2 aliphatic heterocycles. The van der Waals surface area contributed by atoms with E-state index in [1.165, 1.54) is 16.2 Å². The average molecular weight is 493 g/mol. The quantitative estimate of drug-likeness (QED) is 0.417. The lowest BCUT2D eigenvalue weighted by atomic mass is 9.92. The number of thiazole rings is 1. The molecule has 3 unspecified atom stereocenters. The number of nitrogens with one attached hydrogen (secondary N) is 3. The van der Waals surface area contributed by atoms with Crippen LogP contribution in [-0.4, -0.2) is 71.3 Å². The summed E-state index contributed by atoms with van der Waals surface area (Å²) in [6.45, 7) is 7.62. The van der Waals surface area contributed by atoms with E-state index in [-0.39, 0.29) is 36.1 Å². The highest BCUT2D eigenvalue weighted by atomic mass is 32.1. The predicted molar refractivity (Wildman–Crippen MR) is 129 cm³/mol. The second-order valence-corrected chi connectivity index (χ2v) is 10.7. The molecule has 0 aromatic carbocycles. The Morgan fingerprint density at radius 1 is 1.21 bits per heavy atom. The van der Waals surface area contributed by atoms with Crippen molar-refractivity contribution in [3.05, 3.63) is 16.1 Å². The number of primary amides is 1. The summed E-state index contributed by atoms with van der Waals surface area (Å²) in [4.78, 5) is 57.0. The first-order valence-electron chi connectivity index (χ1n) is 12.0. The normalized spacial score (nSPS) is 22.3. The molecule has 11 heteroatoms. The van der Waals surface area contributed by atoms with Gasteiger partial charge in [-0.05, 0) is 58.0 Å². The van der Waals surface area contributed by atoms with Crippen LogP contribution in [0.3, 0.4) is 0 Å². The van der Waals surface area contributed by atoms with Crippen molar-refractivity contribution in [2.75, 3.05) is 19.6 Å². The molecule has 3 rings (SSSR count). The van der Waals surface area contributed by atoms with Crippen molar-refractivity contribution < 1.29 is 19.2 Å². The average Bonchev–Trinajstić information content (AvgIpc) is 3.24. The van der Waals surface area contributed by atoms with Gasteiger partial charge in [0.2, 0.25) is 17.7 Å². The molecule has 0 bridgehead atoms. The summed E-state index contributed by atoms with van der Waals surface area (Å²) in [5, 5.41) is 11.5. The topological polar surface area (TPSA) is 147 Å². The number of carbonyl (C=O) groups is 4. The molecule has 3 atom stereocenters. The third kappa shape index (κ3) is 6.75. The number of aromatic nitrogens is 1. The number of likely N-dealkylation sites (tertiary alicyclic amines) is 1. The highest BCUT2D eigenvalue weighted by Crippen LogP contribution is 2.23. The molecule has 0 saturated carbocycles. The first kappa shape index (κ1) is 26.1. The van der Waals surface area contributed by atoms with Crippen LogP contribution in [0.4, 0.5) is 0 Å². The fraction of sp³-hybridized carbons (Fsp3) is 0.696. The van der Waals surface area contributed by atoms with Crippen LogP contribution in [0.5, 0.6) is 0 Å². The van der Waals surface area contributed by atoms with Crippen LogP contribution in [0.2, 0.25) is 0 Å². The number of carbonyl (C=O) groups excluding carboxylic acids is 4. The van der Waals surface area contributed by atoms with Gasteiger partial charge in [-0.15, -0.1) is 11.3 Å². The summed E-state index contributed by atoms with van der Waals surface area (Å²) in [6.07, 6.45) is 2.78. The summed E-state index contributed by atoms with van der Waals surface area (Å²) in [6, 6.07) is -1.90. The second kappa shape index (κ2) is 11.7. The molecule has 0 spiro atoms. The van der Waals surface area contributed by atoms with E-state index in [1.807, 2.05) is 20.8 Å². The minimum Gasteiger partial charge on any atom is -0.368 e. The van der Waals surface area contributed by atoms with Crippen molar-refractivity contribution in [3.63, 3.8) is 0 Å². The van der Waals surface area contributed by atoms with Crippen LogP contribution >= 0.6 is 11.3 Å². The lowest BCUT2D eigenvalue weighted by molar-refractivity contribution is -0.132. The summed E-state index contributed by atoms with van der Waals surface area (Å²) < 4.78 is 0. The fourth-order valence-electron chi connectivity index (χ4n) is 4.59. The summed E-state index contributed by atoms with van der Waals surface area (Å²) in [5.41, 5.74) is 5.82. The van der Waals surface area contributed by atoms with E-state index in [9.17, 15) is 19.2 Å². The lowest BCUT2D eigenvalue weighted by Crippen LogP contribution is -2.60. The van der Waals surface area contributed by atoms with Crippen molar-refractivity contribution in [1.82, 2.24) is 25.8 Å². The van der Waals surface area contributed by atoms with Gasteiger partial charge in [0.05, 0.1) is 5.01 Å². The van der Waals surface area contributed by atoms with Gasteiger partial charge in [-0.3, -0.25) is 19.2 Å². The first-order valence-corrected chi connectivity index (χ1v) is 12.9. The van der Waals surface area contributed by atoms with E-state index in [0.717, 1.165) is 30.9 Å². The third-order valence-electron chi connectivity index (χ3n) is 6.43. The number of nitrogens with two attached hydrogens (primary N) is 1. The Kier molecular flexibility index (Phi) is 9.01. The Morgan fingerprint density at radius 3 is 2.50 bits per heavy atom. The molecular weight excluding hydrogens is 456 g/mol. The molecular formula is C23H36N6O4S. The first-order chi connectivity index (χ1) is 16.2. The SMILES string of the molecule is Cc1nc(C(=O)N2CCC(NC(=O)C3CCNCC3)CC2C(=O)NC(CC(C)C)C(N)=O)cs1. The largest absolute Gasteiger partial charge is 0.368 e. The fourth-order valence-corrected chi connectivity index (χ4v) is 5.17. The Labute approximate surface area is 204 Å². The Morgan fingerprint density at radius 2 is 1.91 bits per heavy atom. The molecule has 3 heterocycles. The minimum absolute atomic E-state index is 0.00428. The molecule has 1 aromatic heterocycles.